The topological polar surface area (TPSA) is 79.5 Å². The van der Waals surface area contributed by atoms with Gasteiger partial charge in [-0.2, -0.15) is 10.2 Å². The summed E-state index contributed by atoms with van der Waals surface area (Å²) < 4.78 is 19.3. The molecule has 1 aromatic heterocycles. The van der Waals surface area contributed by atoms with E-state index in [1.165, 1.54) is 12.8 Å². The Kier molecular flexibility index (Phi) is 3.81. The number of aromatic nitrogens is 2. The quantitative estimate of drug-likeness (QED) is 0.642. The number of fused-ring (bicyclic) bond motifs is 3. The molecule has 4 atom stereocenters. The van der Waals surface area contributed by atoms with Gasteiger partial charge in [-0.1, -0.05) is 18.2 Å². The van der Waals surface area contributed by atoms with Crippen LogP contribution in [0.4, 0.5) is 5.69 Å². The van der Waals surface area contributed by atoms with Crippen LogP contribution in [0.25, 0.3) is 22.0 Å². The number of nitrogen functional groups attached to an aromatic ring is 1. The molecule has 4 fully saturated rings. The van der Waals surface area contributed by atoms with Crippen molar-refractivity contribution in [2.75, 3.05) is 12.8 Å². The molecule has 4 unspecified atom stereocenters. The highest BCUT2D eigenvalue weighted by Crippen LogP contribution is 2.65. The van der Waals surface area contributed by atoms with E-state index in [2.05, 4.69) is 28.4 Å². The van der Waals surface area contributed by atoms with Gasteiger partial charge in [0.1, 0.15) is 5.75 Å². The van der Waals surface area contributed by atoms with E-state index in [0.717, 1.165) is 70.8 Å². The van der Waals surface area contributed by atoms with Crippen LogP contribution in [0.15, 0.2) is 42.6 Å². The Labute approximate surface area is 187 Å². The number of nitrogens with zero attached hydrogens (tertiary/aromatic N) is 2. The smallest absolute Gasteiger partial charge is 0.494 e. The SMILES string of the molecule is COc1ccc(B2OC34CCC5CC(C3)CC4(C5)O2)cc1-c1ccc2c(N)cnnc2c1. The zero-order valence-electron chi connectivity index (χ0n) is 18.2. The molecular weight excluding hydrogens is 401 g/mol. The van der Waals surface area contributed by atoms with E-state index in [9.17, 15) is 0 Å². The second-order valence-corrected chi connectivity index (χ2v) is 10.2. The first-order chi connectivity index (χ1) is 15.6. The van der Waals surface area contributed by atoms with Crippen molar-refractivity contribution in [2.45, 2.75) is 49.7 Å². The fraction of sp³-hybridized carbons (Fsp3) is 0.440. The molecule has 3 aliphatic carbocycles. The maximum atomic E-state index is 6.80. The van der Waals surface area contributed by atoms with Crippen molar-refractivity contribution in [1.29, 1.82) is 0 Å². The maximum Gasteiger partial charge on any atom is 0.494 e. The first-order valence-electron chi connectivity index (χ1n) is 11.6. The normalized spacial score (nSPS) is 32.5. The molecule has 2 aromatic carbocycles. The summed E-state index contributed by atoms with van der Waals surface area (Å²) in [7, 11) is 1.37. The van der Waals surface area contributed by atoms with E-state index in [0.29, 0.717) is 5.69 Å². The minimum Gasteiger partial charge on any atom is -0.496 e. The molecule has 32 heavy (non-hydrogen) atoms. The Morgan fingerprint density at radius 3 is 2.81 bits per heavy atom. The maximum absolute atomic E-state index is 6.80. The average molecular weight is 427 g/mol. The van der Waals surface area contributed by atoms with Gasteiger partial charge in [-0.25, -0.2) is 0 Å². The fourth-order valence-electron chi connectivity index (χ4n) is 7.16. The number of anilines is 1. The predicted octanol–water partition coefficient (Wildman–Crippen LogP) is 3.72. The lowest BCUT2D eigenvalue weighted by Crippen LogP contribution is -2.52. The molecule has 162 valence electrons. The third-order valence-electron chi connectivity index (χ3n) is 8.45. The first-order valence-corrected chi connectivity index (χ1v) is 11.6. The molecular formula is C25H26BN3O3. The van der Waals surface area contributed by atoms with Crippen molar-refractivity contribution >= 4 is 29.2 Å². The van der Waals surface area contributed by atoms with E-state index in [-0.39, 0.29) is 18.3 Å². The lowest BCUT2D eigenvalue weighted by atomic mass is 9.67. The Balaban J connectivity index is 1.28. The van der Waals surface area contributed by atoms with E-state index in [1.54, 1.807) is 13.3 Å². The van der Waals surface area contributed by atoms with Gasteiger partial charge in [-0.3, -0.25) is 0 Å². The first kappa shape index (κ1) is 18.9. The standard InChI is InChI=1S/C25H26BN3O3/c1-30-23-5-3-18(10-20(23)17-2-4-19-21(27)14-28-29-22(19)9-17)26-31-24-7-6-15-8-16(12-24)13-25(24,11-15)32-26/h2-5,9-10,14-16H,6-8,11-13H2,1H3,(H2,27,29). The minimum atomic E-state index is -0.326. The summed E-state index contributed by atoms with van der Waals surface area (Å²) in [5, 5.41) is 9.16. The van der Waals surface area contributed by atoms with Crippen molar-refractivity contribution in [3.05, 3.63) is 42.6 Å². The van der Waals surface area contributed by atoms with Crippen molar-refractivity contribution in [1.82, 2.24) is 10.2 Å². The lowest BCUT2D eigenvalue weighted by molar-refractivity contribution is -0.0765. The highest BCUT2D eigenvalue weighted by atomic mass is 16.7. The highest BCUT2D eigenvalue weighted by molar-refractivity contribution is 6.62. The number of ether oxygens (including phenoxy) is 1. The number of hydrogen-bond donors (Lipinski definition) is 1. The largest absolute Gasteiger partial charge is 0.496 e. The molecule has 1 spiro atoms. The molecule has 7 rings (SSSR count). The second kappa shape index (κ2) is 6.45. The van der Waals surface area contributed by atoms with Gasteiger partial charge >= 0.3 is 7.12 Å². The zero-order chi connectivity index (χ0) is 21.5. The van der Waals surface area contributed by atoms with Crippen molar-refractivity contribution in [2.24, 2.45) is 11.8 Å². The number of hydrogen-bond acceptors (Lipinski definition) is 6. The third-order valence-corrected chi connectivity index (χ3v) is 8.45. The summed E-state index contributed by atoms with van der Waals surface area (Å²) in [4.78, 5) is 0. The fourth-order valence-corrected chi connectivity index (χ4v) is 7.16. The van der Waals surface area contributed by atoms with Gasteiger partial charge in [0, 0.05) is 10.9 Å². The van der Waals surface area contributed by atoms with Gasteiger partial charge < -0.3 is 19.8 Å². The van der Waals surface area contributed by atoms with Crippen LogP contribution in [-0.4, -0.2) is 35.6 Å². The second-order valence-electron chi connectivity index (χ2n) is 10.2. The van der Waals surface area contributed by atoms with E-state index in [4.69, 9.17) is 19.8 Å². The van der Waals surface area contributed by atoms with Gasteiger partial charge in [0.25, 0.3) is 0 Å². The van der Waals surface area contributed by atoms with Crippen molar-refractivity contribution in [3.63, 3.8) is 0 Å². The zero-order valence-corrected chi connectivity index (χ0v) is 18.2. The van der Waals surface area contributed by atoms with Gasteiger partial charge in [0.05, 0.1) is 35.7 Å². The summed E-state index contributed by atoms with van der Waals surface area (Å²) in [6.45, 7) is 0. The van der Waals surface area contributed by atoms with E-state index >= 15 is 0 Å². The summed E-state index contributed by atoms with van der Waals surface area (Å²) in [5.74, 6) is 2.39. The van der Waals surface area contributed by atoms with Crippen LogP contribution in [0, 0.1) is 11.8 Å². The monoisotopic (exact) mass is 427 g/mol. The molecule has 4 aliphatic rings. The number of benzene rings is 2. The van der Waals surface area contributed by atoms with Crippen LogP contribution in [0.5, 0.6) is 5.75 Å². The van der Waals surface area contributed by atoms with Gasteiger partial charge in [0.2, 0.25) is 0 Å². The van der Waals surface area contributed by atoms with Crippen LogP contribution in [0.1, 0.15) is 38.5 Å². The molecule has 1 saturated heterocycles. The molecule has 7 heteroatoms. The molecule has 2 heterocycles. The molecule has 2 N–H and O–H groups in total. The van der Waals surface area contributed by atoms with Crippen molar-refractivity contribution in [3.8, 4) is 16.9 Å². The van der Waals surface area contributed by atoms with E-state index in [1.807, 2.05) is 18.2 Å². The number of rotatable bonds is 3. The van der Waals surface area contributed by atoms with Gasteiger partial charge in [0.15, 0.2) is 0 Å². The summed E-state index contributed by atoms with van der Waals surface area (Å²) in [5.41, 5.74) is 10.3. The molecule has 6 nitrogen and oxygen atoms in total. The van der Waals surface area contributed by atoms with Crippen LogP contribution in [-0.2, 0) is 9.31 Å². The Bertz CT molecular complexity index is 1240. The molecule has 3 bridgehead atoms. The van der Waals surface area contributed by atoms with Crippen molar-refractivity contribution < 1.29 is 14.0 Å². The summed E-state index contributed by atoms with van der Waals surface area (Å²) in [6.07, 6.45) is 8.84. The predicted molar refractivity (Wildman–Crippen MR) is 124 cm³/mol. The van der Waals surface area contributed by atoms with Crippen LogP contribution in [0.3, 0.4) is 0 Å². The third kappa shape index (κ3) is 2.49. The molecule has 3 saturated carbocycles. The highest BCUT2D eigenvalue weighted by Gasteiger charge is 2.70. The minimum absolute atomic E-state index is 0.0837. The molecule has 0 radical (unpaired) electrons. The molecule has 1 aliphatic heterocycles. The van der Waals surface area contributed by atoms with Gasteiger partial charge in [-0.15, -0.1) is 0 Å². The molecule has 0 amide bonds. The van der Waals surface area contributed by atoms with Crippen LogP contribution in [0.2, 0.25) is 0 Å². The molecule has 3 aromatic rings. The van der Waals surface area contributed by atoms with Gasteiger partial charge in [-0.05, 0) is 79.6 Å². The Morgan fingerprint density at radius 2 is 1.91 bits per heavy atom. The van der Waals surface area contributed by atoms with Crippen LogP contribution >= 0.6 is 0 Å². The summed E-state index contributed by atoms with van der Waals surface area (Å²) in [6, 6.07) is 12.3. The van der Waals surface area contributed by atoms with E-state index < -0.39 is 0 Å². The Hall–Kier alpha value is -2.64. The lowest BCUT2D eigenvalue weighted by Gasteiger charge is -2.46. The summed E-state index contributed by atoms with van der Waals surface area (Å²) >= 11 is 0. The number of nitrogens with two attached hydrogens (primary N) is 1. The van der Waals surface area contributed by atoms with Crippen LogP contribution < -0.4 is 15.9 Å². The Morgan fingerprint density at radius 1 is 1.06 bits per heavy atom. The number of methoxy groups -OCH3 is 1. The average Bonchev–Trinajstić information content (AvgIpc) is 3.15.